The summed E-state index contributed by atoms with van der Waals surface area (Å²) in [6.45, 7) is 1.61. The van der Waals surface area contributed by atoms with E-state index >= 15 is 0 Å². The lowest BCUT2D eigenvalue weighted by molar-refractivity contribution is 0.0695. The molecule has 1 aromatic rings. The Morgan fingerprint density at radius 2 is 2.07 bits per heavy atom. The fourth-order valence-corrected chi connectivity index (χ4v) is 0.946. The molecule has 0 aromatic carbocycles. The Morgan fingerprint density at radius 1 is 1.57 bits per heavy atom. The first-order valence-corrected chi connectivity index (χ1v) is 3.74. The van der Waals surface area contributed by atoms with E-state index in [1.165, 1.54) is 17.5 Å². The second-order valence-corrected chi connectivity index (χ2v) is 2.54. The summed E-state index contributed by atoms with van der Waals surface area (Å²) in [6, 6.07) is 2.89. The van der Waals surface area contributed by atoms with E-state index in [2.05, 4.69) is 4.98 Å². The molecule has 0 spiro atoms. The highest BCUT2D eigenvalue weighted by molar-refractivity contribution is 6.29. The Morgan fingerprint density at radius 3 is 2.43 bits per heavy atom. The number of nitrogens with zero attached hydrogens (tertiary/aromatic N) is 2. The monoisotopic (exact) mass is 218 g/mol. The molecule has 14 heavy (non-hydrogen) atoms. The molecule has 0 atom stereocenters. The van der Waals surface area contributed by atoms with E-state index in [1.807, 2.05) is 0 Å². The first-order chi connectivity index (χ1) is 6.52. The minimum Gasteiger partial charge on any atom is -0.478 e. The van der Waals surface area contributed by atoms with Crippen molar-refractivity contribution >= 4 is 17.6 Å². The molecule has 1 aromatic heterocycles. The fraction of sp³-hybridized carbons (Fsp3) is 0.143. The lowest BCUT2D eigenvalue weighted by Gasteiger charge is -1.97. The average molecular weight is 219 g/mol. The molecule has 0 aliphatic rings. The van der Waals surface area contributed by atoms with Crippen LogP contribution in [-0.2, 0) is 0 Å². The van der Waals surface area contributed by atoms with Crippen LogP contribution >= 0.6 is 11.6 Å². The standard InChI is InChI=1S/C7H6ClNO2.HNO2/c1-4-5(7(10)11)2-3-6(8)9-4;2-1-3/h2-3H,1H3,(H,10,11);(H,2,3). The van der Waals surface area contributed by atoms with Crippen molar-refractivity contribution in [2.24, 2.45) is 5.34 Å². The van der Waals surface area contributed by atoms with Gasteiger partial charge in [-0.3, -0.25) is 0 Å². The predicted octanol–water partition coefficient (Wildman–Crippen LogP) is 1.88. The first-order valence-electron chi connectivity index (χ1n) is 3.36. The molecule has 0 fully saturated rings. The summed E-state index contributed by atoms with van der Waals surface area (Å²) in [6.07, 6.45) is 0. The highest BCUT2D eigenvalue weighted by Gasteiger charge is 2.06. The van der Waals surface area contributed by atoms with Crippen molar-refractivity contribution in [1.82, 2.24) is 4.98 Å². The molecule has 6 nitrogen and oxygen atoms in total. The Bertz CT molecular complexity index is 342. The molecular weight excluding hydrogens is 212 g/mol. The normalized spacial score (nSPS) is 8.43. The molecule has 0 bridgehead atoms. The molecule has 2 N–H and O–H groups in total. The third kappa shape index (κ3) is 3.81. The van der Waals surface area contributed by atoms with Gasteiger partial charge < -0.3 is 10.3 Å². The second-order valence-electron chi connectivity index (χ2n) is 2.15. The summed E-state index contributed by atoms with van der Waals surface area (Å²) in [4.78, 5) is 22.3. The maximum Gasteiger partial charge on any atom is 0.337 e. The summed E-state index contributed by atoms with van der Waals surface area (Å²) >= 11 is 5.52. The van der Waals surface area contributed by atoms with Gasteiger partial charge >= 0.3 is 5.97 Å². The number of hydrogen-bond acceptors (Lipinski definition) is 4. The van der Waals surface area contributed by atoms with Gasteiger partial charge in [-0.1, -0.05) is 11.6 Å². The molecule has 7 heteroatoms. The van der Waals surface area contributed by atoms with Crippen LogP contribution in [-0.4, -0.2) is 21.3 Å². The third-order valence-corrected chi connectivity index (χ3v) is 1.49. The number of hydrogen-bond donors (Lipinski definition) is 2. The van der Waals surface area contributed by atoms with E-state index < -0.39 is 5.97 Å². The molecule has 0 saturated heterocycles. The van der Waals surface area contributed by atoms with Crippen molar-refractivity contribution in [2.45, 2.75) is 6.92 Å². The maximum atomic E-state index is 10.4. The minimum atomic E-state index is -0.980. The molecule has 0 amide bonds. The fourth-order valence-electron chi connectivity index (χ4n) is 0.756. The van der Waals surface area contributed by atoms with Crippen molar-refractivity contribution in [3.05, 3.63) is 33.5 Å². The summed E-state index contributed by atoms with van der Waals surface area (Å²) in [5.41, 5.74) is 0.624. The van der Waals surface area contributed by atoms with Gasteiger partial charge in [-0.25, -0.2) is 9.78 Å². The van der Waals surface area contributed by atoms with E-state index in [-0.39, 0.29) is 5.56 Å². The number of carboxylic acid groups (broad SMARTS) is 1. The van der Waals surface area contributed by atoms with Crippen LogP contribution in [0.5, 0.6) is 0 Å². The first kappa shape index (κ1) is 12.3. The number of carboxylic acids is 1. The topological polar surface area (TPSA) is 99.8 Å². The van der Waals surface area contributed by atoms with Crippen LogP contribution < -0.4 is 0 Å². The van der Waals surface area contributed by atoms with E-state index in [4.69, 9.17) is 26.8 Å². The number of halogens is 1. The molecule has 0 radical (unpaired) electrons. The van der Waals surface area contributed by atoms with Crippen molar-refractivity contribution in [3.63, 3.8) is 0 Å². The number of aryl methyl sites for hydroxylation is 1. The average Bonchev–Trinajstić information content (AvgIpc) is 2.04. The maximum absolute atomic E-state index is 10.4. The van der Waals surface area contributed by atoms with Crippen molar-refractivity contribution < 1.29 is 15.1 Å². The lowest BCUT2D eigenvalue weighted by Crippen LogP contribution is -2.00. The van der Waals surface area contributed by atoms with Crippen LogP contribution in [0.4, 0.5) is 0 Å². The molecule has 1 heterocycles. The van der Waals surface area contributed by atoms with Gasteiger partial charge in [0.05, 0.1) is 11.3 Å². The summed E-state index contributed by atoms with van der Waals surface area (Å²) in [5, 5.41) is 16.8. The van der Waals surface area contributed by atoms with Gasteiger partial charge in [0.2, 0.25) is 0 Å². The smallest absolute Gasteiger partial charge is 0.337 e. The van der Waals surface area contributed by atoms with Crippen LogP contribution in [0.2, 0.25) is 5.15 Å². The van der Waals surface area contributed by atoms with Gasteiger partial charge in [0, 0.05) is 0 Å². The van der Waals surface area contributed by atoms with Crippen molar-refractivity contribution in [2.75, 3.05) is 0 Å². The summed E-state index contributed by atoms with van der Waals surface area (Å²) in [5.74, 6) is -0.980. The molecule has 0 aliphatic heterocycles. The SMILES string of the molecule is Cc1nc(Cl)ccc1C(=O)O.O=NO. The van der Waals surface area contributed by atoms with E-state index in [0.717, 1.165) is 0 Å². The highest BCUT2D eigenvalue weighted by atomic mass is 35.5. The molecule has 0 unspecified atom stereocenters. The number of aromatic nitrogens is 1. The van der Waals surface area contributed by atoms with Crippen LogP contribution in [0.15, 0.2) is 17.5 Å². The zero-order valence-electron chi connectivity index (χ0n) is 7.14. The number of carbonyl (C=O) groups is 1. The van der Waals surface area contributed by atoms with Crippen LogP contribution in [0.25, 0.3) is 0 Å². The van der Waals surface area contributed by atoms with Gasteiger partial charge in [-0.15, -0.1) is 4.91 Å². The molecule has 76 valence electrons. The van der Waals surface area contributed by atoms with Gasteiger partial charge in [-0.05, 0) is 19.1 Å². The van der Waals surface area contributed by atoms with E-state index in [9.17, 15) is 4.79 Å². The summed E-state index contributed by atoms with van der Waals surface area (Å²) in [7, 11) is 0. The number of pyridine rings is 1. The summed E-state index contributed by atoms with van der Waals surface area (Å²) < 4.78 is 0. The van der Waals surface area contributed by atoms with Gasteiger partial charge in [0.15, 0.2) is 5.34 Å². The minimum absolute atomic E-state index is 0.189. The quantitative estimate of drug-likeness (QED) is 0.426. The zero-order valence-corrected chi connectivity index (χ0v) is 7.89. The molecule has 0 saturated carbocycles. The predicted molar refractivity (Wildman–Crippen MR) is 48.5 cm³/mol. The number of rotatable bonds is 1. The van der Waals surface area contributed by atoms with Crippen LogP contribution in [0.1, 0.15) is 16.1 Å². The third-order valence-electron chi connectivity index (χ3n) is 1.28. The van der Waals surface area contributed by atoms with Crippen molar-refractivity contribution in [3.8, 4) is 0 Å². The van der Waals surface area contributed by atoms with E-state index in [1.54, 1.807) is 6.92 Å². The van der Waals surface area contributed by atoms with Crippen LogP contribution in [0.3, 0.4) is 0 Å². The Hall–Kier alpha value is -1.69. The number of aromatic carboxylic acids is 1. The largest absolute Gasteiger partial charge is 0.478 e. The Balaban J connectivity index is 0.000000500. The Labute approximate surface area is 84.1 Å². The molecule has 0 aliphatic carbocycles. The molecular formula is C7H7ClN2O4. The lowest BCUT2D eigenvalue weighted by atomic mass is 10.2. The zero-order chi connectivity index (χ0) is 11.1. The van der Waals surface area contributed by atoms with Gasteiger partial charge in [-0.2, -0.15) is 0 Å². The Kier molecular flexibility index (Phi) is 5.16. The van der Waals surface area contributed by atoms with Crippen molar-refractivity contribution in [1.29, 1.82) is 0 Å². The highest BCUT2D eigenvalue weighted by Crippen LogP contribution is 2.09. The van der Waals surface area contributed by atoms with Gasteiger partial charge in [0.25, 0.3) is 0 Å². The molecule has 1 rings (SSSR count). The van der Waals surface area contributed by atoms with Crippen LogP contribution in [0, 0.1) is 11.8 Å². The van der Waals surface area contributed by atoms with E-state index in [0.29, 0.717) is 10.8 Å². The second kappa shape index (κ2) is 5.87. The van der Waals surface area contributed by atoms with Gasteiger partial charge in [0.1, 0.15) is 5.15 Å².